The fraction of sp³-hybridized carbons (Fsp3) is 0.222. The molecule has 0 saturated carbocycles. The fourth-order valence-electron chi connectivity index (χ4n) is 1.54. The second-order valence-electron chi connectivity index (χ2n) is 3.15. The van der Waals surface area contributed by atoms with E-state index in [-0.39, 0.29) is 0 Å². The monoisotopic (exact) mass is 223 g/mol. The highest BCUT2D eigenvalue weighted by atomic mass is 32.1. The molecule has 0 radical (unpaired) electrons. The second kappa shape index (κ2) is 3.47. The van der Waals surface area contributed by atoms with E-state index in [9.17, 15) is 4.79 Å². The molecule has 15 heavy (non-hydrogen) atoms. The van der Waals surface area contributed by atoms with E-state index in [0.717, 1.165) is 5.69 Å². The molecule has 5 nitrogen and oxygen atoms in total. The van der Waals surface area contributed by atoms with Gasteiger partial charge in [-0.2, -0.15) is 0 Å². The third-order valence-corrected chi connectivity index (χ3v) is 2.88. The number of aromatic nitrogens is 3. The molecule has 0 atom stereocenters. The predicted octanol–water partition coefficient (Wildman–Crippen LogP) is 1.64. The van der Waals surface area contributed by atoms with Crippen molar-refractivity contribution in [3.63, 3.8) is 0 Å². The number of carboxylic acids is 1. The van der Waals surface area contributed by atoms with Crippen LogP contribution < -0.4 is 0 Å². The molecule has 0 amide bonds. The van der Waals surface area contributed by atoms with Crippen LogP contribution in [0.5, 0.6) is 0 Å². The minimum Gasteiger partial charge on any atom is -0.478 e. The van der Waals surface area contributed by atoms with Gasteiger partial charge in [0.2, 0.25) is 5.13 Å². The Morgan fingerprint density at radius 3 is 2.73 bits per heavy atom. The van der Waals surface area contributed by atoms with Gasteiger partial charge in [-0.25, -0.2) is 4.79 Å². The lowest BCUT2D eigenvalue weighted by molar-refractivity contribution is 0.0696. The van der Waals surface area contributed by atoms with Gasteiger partial charge in [0.1, 0.15) is 5.51 Å². The average Bonchev–Trinajstić information content (AvgIpc) is 2.73. The summed E-state index contributed by atoms with van der Waals surface area (Å²) in [6.45, 7) is 3.61. The Labute approximate surface area is 90.0 Å². The summed E-state index contributed by atoms with van der Waals surface area (Å²) in [6.07, 6.45) is 0. The number of nitrogens with zero attached hydrogens (tertiary/aromatic N) is 3. The smallest absolute Gasteiger partial charge is 0.337 e. The Balaban J connectivity index is 2.63. The Morgan fingerprint density at radius 1 is 1.53 bits per heavy atom. The number of aromatic carboxylic acids is 1. The molecule has 0 fully saturated rings. The first-order chi connectivity index (χ1) is 7.11. The number of rotatable bonds is 2. The predicted molar refractivity (Wildman–Crippen MR) is 55.7 cm³/mol. The van der Waals surface area contributed by atoms with Crippen molar-refractivity contribution in [2.75, 3.05) is 0 Å². The first kappa shape index (κ1) is 9.85. The molecule has 6 heteroatoms. The number of hydrogen-bond donors (Lipinski definition) is 1. The second-order valence-corrected chi connectivity index (χ2v) is 3.96. The quantitative estimate of drug-likeness (QED) is 0.840. The van der Waals surface area contributed by atoms with E-state index >= 15 is 0 Å². The zero-order valence-corrected chi connectivity index (χ0v) is 9.08. The maximum atomic E-state index is 10.9. The first-order valence-electron chi connectivity index (χ1n) is 4.30. The first-order valence-corrected chi connectivity index (χ1v) is 5.18. The van der Waals surface area contributed by atoms with Crippen LogP contribution in [-0.4, -0.2) is 25.8 Å². The third kappa shape index (κ3) is 1.52. The van der Waals surface area contributed by atoms with Crippen LogP contribution in [0.25, 0.3) is 5.13 Å². The molecular weight excluding hydrogens is 214 g/mol. The zero-order valence-electron chi connectivity index (χ0n) is 8.26. The van der Waals surface area contributed by atoms with Gasteiger partial charge in [-0.05, 0) is 19.9 Å². The van der Waals surface area contributed by atoms with Crippen molar-refractivity contribution in [2.45, 2.75) is 13.8 Å². The molecular formula is C9H9N3O2S. The lowest BCUT2D eigenvalue weighted by Gasteiger charge is -2.03. The fourth-order valence-corrected chi connectivity index (χ4v) is 2.21. The van der Waals surface area contributed by atoms with Crippen LogP contribution in [0, 0.1) is 13.8 Å². The van der Waals surface area contributed by atoms with E-state index in [1.54, 1.807) is 23.1 Å². The van der Waals surface area contributed by atoms with Crippen LogP contribution >= 0.6 is 11.3 Å². The highest BCUT2D eigenvalue weighted by Crippen LogP contribution is 2.21. The molecule has 0 spiro atoms. The molecule has 0 unspecified atom stereocenters. The molecule has 1 N–H and O–H groups in total. The highest BCUT2D eigenvalue weighted by molar-refractivity contribution is 7.11. The third-order valence-electron chi connectivity index (χ3n) is 2.20. The van der Waals surface area contributed by atoms with Crippen LogP contribution in [0.2, 0.25) is 0 Å². The van der Waals surface area contributed by atoms with Gasteiger partial charge < -0.3 is 5.11 Å². The molecule has 0 aromatic carbocycles. The van der Waals surface area contributed by atoms with E-state index in [1.807, 2.05) is 6.92 Å². The molecule has 2 aromatic heterocycles. The molecule has 2 aromatic rings. The summed E-state index contributed by atoms with van der Waals surface area (Å²) < 4.78 is 1.79. The summed E-state index contributed by atoms with van der Waals surface area (Å²) in [7, 11) is 0. The van der Waals surface area contributed by atoms with Crippen LogP contribution in [0.4, 0.5) is 0 Å². The van der Waals surface area contributed by atoms with Crippen LogP contribution in [-0.2, 0) is 0 Å². The average molecular weight is 223 g/mol. The van der Waals surface area contributed by atoms with Crippen LogP contribution in [0.3, 0.4) is 0 Å². The van der Waals surface area contributed by atoms with Crippen molar-refractivity contribution in [3.05, 3.63) is 28.5 Å². The van der Waals surface area contributed by atoms with E-state index in [0.29, 0.717) is 16.4 Å². The van der Waals surface area contributed by atoms with Crippen molar-refractivity contribution >= 4 is 17.3 Å². The summed E-state index contributed by atoms with van der Waals surface area (Å²) >= 11 is 1.38. The topological polar surface area (TPSA) is 68.0 Å². The van der Waals surface area contributed by atoms with Gasteiger partial charge in [-0.15, -0.1) is 10.2 Å². The standard InChI is InChI=1S/C9H9N3O2S/c1-5-3-7(8(13)14)6(2)12(5)9-11-10-4-15-9/h3-4H,1-2H3,(H,13,14). The number of carbonyl (C=O) groups is 1. The minimum atomic E-state index is -0.918. The van der Waals surface area contributed by atoms with Crippen molar-refractivity contribution in [2.24, 2.45) is 0 Å². The largest absolute Gasteiger partial charge is 0.478 e. The molecule has 2 rings (SSSR count). The summed E-state index contributed by atoms with van der Waals surface area (Å²) in [5, 5.41) is 17.3. The highest BCUT2D eigenvalue weighted by Gasteiger charge is 2.16. The van der Waals surface area contributed by atoms with Gasteiger partial charge in [0.05, 0.1) is 5.56 Å². The Bertz CT molecular complexity index is 502. The van der Waals surface area contributed by atoms with Crippen LogP contribution in [0.1, 0.15) is 21.7 Å². The van der Waals surface area contributed by atoms with Crippen molar-refractivity contribution in [1.82, 2.24) is 14.8 Å². The number of aryl methyl sites for hydroxylation is 1. The van der Waals surface area contributed by atoms with E-state index in [1.165, 1.54) is 11.3 Å². The Kier molecular flexibility index (Phi) is 2.28. The van der Waals surface area contributed by atoms with Crippen molar-refractivity contribution in [3.8, 4) is 5.13 Å². The van der Waals surface area contributed by atoms with E-state index < -0.39 is 5.97 Å². The Morgan fingerprint density at radius 2 is 2.27 bits per heavy atom. The van der Waals surface area contributed by atoms with Gasteiger partial charge in [-0.3, -0.25) is 4.57 Å². The maximum absolute atomic E-state index is 10.9. The van der Waals surface area contributed by atoms with Crippen LogP contribution in [0.15, 0.2) is 11.6 Å². The minimum absolute atomic E-state index is 0.308. The van der Waals surface area contributed by atoms with E-state index in [2.05, 4.69) is 10.2 Å². The molecule has 0 aliphatic heterocycles. The molecule has 78 valence electrons. The van der Waals surface area contributed by atoms with Gasteiger partial charge >= 0.3 is 5.97 Å². The molecule has 0 saturated heterocycles. The van der Waals surface area contributed by atoms with Gasteiger partial charge in [-0.1, -0.05) is 11.3 Å². The normalized spacial score (nSPS) is 10.5. The molecule has 0 aliphatic carbocycles. The van der Waals surface area contributed by atoms with Gasteiger partial charge in [0.15, 0.2) is 0 Å². The number of hydrogen-bond acceptors (Lipinski definition) is 4. The lowest BCUT2D eigenvalue weighted by atomic mass is 10.2. The summed E-state index contributed by atoms with van der Waals surface area (Å²) in [5.41, 5.74) is 3.45. The van der Waals surface area contributed by atoms with Gasteiger partial charge in [0, 0.05) is 11.4 Å². The molecule has 0 bridgehead atoms. The molecule has 2 heterocycles. The van der Waals surface area contributed by atoms with Crippen molar-refractivity contribution < 1.29 is 9.90 Å². The number of carboxylic acid groups (broad SMARTS) is 1. The van der Waals surface area contributed by atoms with E-state index in [4.69, 9.17) is 5.11 Å². The summed E-state index contributed by atoms with van der Waals surface area (Å²) in [5.74, 6) is -0.918. The van der Waals surface area contributed by atoms with Gasteiger partial charge in [0.25, 0.3) is 0 Å². The SMILES string of the molecule is Cc1cc(C(=O)O)c(C)n1-c1nncs1. The molecule has 0 aliphatic rings. The van der Waals surface area contributed by atoms with Crippen molar-refractivity contribution in [1.29, 1.82) is 0 Å². The Hall–Kier alpha value is -1.69. The maximum Gasteiger partial charge on any atom is 0.337 e. The lowest BCUT2D eigenvalue weighted by Crippen LogP contribution is -2.02. The summed E-state index contributed by atoms with van der Waals surface area (Å²) in [6, 6.07) is 1.64. The zero-order chi connectivity index (χ0) is 11.0. The summed E-state index contributed by atoms with van der Waals surface area (Å²) in [4.78, 5) is 10.9.